The van der Waals surface area contributed by atoms with Gasteiger partial charge in [0.1, 0.15) is 5.82 Å². The summed E-state index contributed by atoms with van der Waals surface area (Å²) in [5.74, 6) is 5.30. The van der Waals surface area contributed by atoms with Crippen LogP contribution in [-0.2, 0) is 11.2 Å². The molecule has 0 aliphatic carbocycles. The minimum atomic E-state index is -0.394. The van der Waals surface area contributed by atoms with Gasteiger partial charge in [0, 0.05) is 12.6 Å². The number of benzene rings is 1. The van der Waals surface area contributed by atoms with E-state index in [0.717, 1.165) is 25.3 Å². The van der Waals surface area contributed by atoms with Crippen LogP contribution in [0.15, 0.2) is 18.2 Å². The molecule has 21 heavy (non-hydrogen) atoms. The average molecular weight is 314 g/mol. The summed E-state index contributed by atoms with van der Waals surface area (Å²) in [4.78, 5) is 2.46. The Morgan fingerprint density at radius 2 is 2.38 bits per heavy atom. The molecule has 0 spiro atoms. The van der Waals surface area contributed by atoms with Crippen molar-refractivity contribution < 1.29 is 9.13 Å². The van der Waals surface area contributed by atoms with Crippen molar-refractivity contribution >= 4 is 11.6 Å². The van der Waals surface area contributed by atoms with Gasteiger partial charge in [0.2, 0.25) is 0 Å². The quantitative estimate of drug-likeness (QED) is 0.656. The van der Waals surface area contributed by atoms with E-state index in [1.165, 1.54) is 18.9 Å². The van der Waals surface area contributed by atoms with Gasteiger partial charge in [-0.1, -0.05) is 23.7 Å². The molecular weight excluding hydrogens is 293 g/mol. The van der Waals surface area contributed by atoms with Crippen LogP contribution in [0.1, 0.15) is 18.4 Å². The number of hydrazine groups is 1. The molecule has 2 fully saturated rings. The van der Waals surface area contributed by atoms with Gasteiger partial charge in [0.25, 0.3) is 0 Å². The number of rotatable bonds is 4. The maximum Gasteiger partial charge on any atom is 0.142 e. The van der Waals surface area contributed by atoms with Gasteiger partial charge in [-0.05, 0) is 37.4 Å². The summed E-state index contributed by atoms with van der Waals surface area (Å²) in [5, 5.41) is 0.174. The number of fused-ring (bicyclic) bond motifs is 1. The van der Waals surface area contributed by atoms with Crippen LogP contribution in [0, 0.1) is 5.82 Å². The zero-order chi connectivity index (χ0) is 14.8. The number of hydrogen-bond acceptors (Lipinski definition) is 4. The van der Waals surface area contributed by atoms with Gasteiger partial charge in [-0.2, -0.15) is 0 Å². The summed E-state index contributed by atoms with van der Waals surface area (Å²) in [6, 6.07) is 5.34. The minimum absolute atomic E-state index is 0.00341. The highest BCUT2D eigenvalue weighted by molar-refractivity contribution is 6.31. The first-order chi connectivity index (χ1) is 10.2. The molecule has 0 radical (unpaired) electrons. The number of halogens is 2. The fourth-order valence-corrected chi connectivity index (χ4v) is 3.53. The lowest BCUT2D eigenvalue weighted by atomic mass is 9.99. The van der Waals surface area contributed by atoms with Gasteiger partial charge in [-0.3, -0.25) is 16.2 Å². The molecule has 116 valence electrons. The maximum absolute atomic E-state index is 13.5. The van der Waals surface area contributed by atoms with Gasteiger partial charge in [0.05, 0.1) is 23.8 Å². The molecule has 2 heterocycles. The van der Waals surface area contributed by atoms with Crippen molar-refractivity contribution in [3.63, 3.8) is 0 Å². The fourth-order valence-electron chi connectivity index (χ4n) is 3.33. The molecule has 0 amide bonds. The lowest BCUT2D eigenvalue weighted by Crippen LogP contribution is -2.56. The van der Waals surface area contributed by atoms with E-state index in [1.54, 1.807) is 6.07 Å². The van der Waals surface area contributed by atoms with E-state index in [4.69, 9.17) is 22.2 Å². The monoisotopic (exact) mass is 313 g/mol. The molecule has 0 aromatic heterocycles. The highest BCUT2D eigenvalue weighted by atomic mass is 35.5. The van der Waals surface area contributed by atoms with Crippen molar-refractivity contribution in [1.29, 1.82) is 0 Å². The molecular formula is C15H21ClFN3O. The Hall–Kier alpha value is -0.720. The van der Waals surface area contributed by atoms with Crippen molar-refractivity contribution in [2.45, 2.75) is 37.5 Å². The Balaban J connectivity index is 1.69. The second-order valence-electron chi connectivity index (χ2n) is 5.85. The SMILES string of the molecule is NNC(Cc1cccc(F)c1Cl)C1CN2CCCC2CO1. The summed E-state index contributed by atoms with van der Waals surface area (Å²) < 4.78 is 19.5. The number of ether oxygens (including phenoxy) is 1. The molecule has 3 rings (SSSR count). The van der Waals surface area contributed by atoms with E-state index in [2.05, 4.69) is 10.3 Å². The Bertz CT molecular complexity index is 502. The minimum Gasteiger partial charge on any atom is -0.374 e. The first-order valence-electron chi connectivity index (χ1n) is 7.43. The number of nitrogens with zero attached hydrogens (tertiary/aromatic N) is 1. The van der Waals surface area contributed by atoms with Crippen LogP contribution in [0.2, 0.25) is 5.02 Å². The van der Waals surface area contributed by atoms with Crippen LogP contribution >= 0.6 is 11.6 Å². The Morgan fingerprint density at radius 1 is 1.52 bits per heavy atom. The van der Waals surface area contributed by atoms with E-state index < -0.39 is 5.82 Å². The summed E-state index contributed by atoms with van der Waals surface area (Å²) in [5.41, 5.74) is 3.57. The Morgan fingerprint density at radius 3 is 3.19 bits per heavy atom. The predicted octanol–water partition coefficient (Wildman–Crippen LogP) is 1.72. The standard InChI is InChI=1S/C15H21ClFN3O/c16-15-10(3-1-5-12(15)17)7-13(19-18)14-8-20-6-2-4-11(20)9-21-14/h1,3,5,11,13-14,19H,2,4,6-9,18H2. The van der Waals surface area contributed by atoms with E-state index in [1.807, 2.05) is 6.07 Å². The molecule has 4 nitrogen and oxygen atoms in total. The number of morpholine rings is 1. The zero-order valence-electron chi connectivity index (χ0n) is 11.9. The summed E-state index contributed by atoms with van der Waals surface area (Å²) in [7, 11) is 0. The summed E-state index contributed by atoms with van der Waals surface area (Å²) in [6.45, 7) is 2.74. The molecule has 2 aliphatic rings. The first kappa shape index (κ1) is 15.2. The molecule has 0 bridgehead atoms. The summed E-state index contributed by atoms with van der Waals surface area (Å²) in [6.07, 6.45) is 3.00. The highest BCUT2D eigenvalue weighted by Crippen LogP contribution is 2.26. The molecule has 1 aromatic rings. The molecule has 2 saturated heterocycles. The van der Waals surface area contributed by atoms with Crippen molar-refractivity contribution in [3.8, 4) is 0 Å². The topological polar surface area (TPSA) is 50.5 Å². The Labute approximate surface area is 129 Å². The van der Waals surface area contributed by atoms with E-state index in [-0.39, 0.29) is 17.2 Å². The van der Waals surface area contributed by atoms with E-state index in [0.29, 0.717) is 12.5 Å². The van der Waals surface area contributed by atoms with Crippen LogP contribution in [0.3, 0.4) is 0 Å². The van der Waals surface area contributed by atoms with Crippen LogP contribution in [0.4, 0.5) is 4.39 Å². The third-order valence-corrected chi connectivity index (χ3v) is 4.97. The molecule has 2 aliphatic heterocycles. The first-order valence-corrected chi connectivity index (χ1v) is 7.81. The average Bonchev–Trinajstić information content (AvgIpc) is 2.96. The van der Waals surface area contributed by atoms with Crippen molar-refractivity contribution in [1.82, 2.24) is 10.3 Å². The van der Waals surface area contributed by atoms with Gasteiger partial charge in [-0.15, -0.1) is 0 Å². The largest absolute Gasteiger partial charge is 0.374 e. The Kier molecular flexibility index (Phi) is 4.76. The van der Waals surface area contributed by atoms with Gasteiger partial charge in [0.15, 0.2) is 0 Å². The maximum atomic E-state index is 13.5. The third kappa shape index (κ3) is 3.22. The van der Waals surface area contributed by atoms with Crippen LogP contribution in [0.25, 0.3) is 0 Å². The van der Waals surface area contributed by atoms with Crippen molar-refractivity contribution in [2.75, 3.05) is 19.7 Å². The van der Waals surface area contributed by atoms with Gasteiger partial charge in [-0.25, -0.2) is 4.39 Å². The highest BCUT2D eigenvalue weighted by Gasteiger charge is 2.35. The van der Waals surface area contributed by atoms with Crippen LogP contribution in [0.5, 0.6) is 0 Å². The van der Waals surface area contributed by atoms with Gasteiger partial charge >= 0.3 is 0 Å². The van der Waals surface area contributed by atoms with Gasteiger partial charge < -0.3 is 4.74 Å². The summed E-state index contributed by atoms with van der Waals surface area (Å²) >= 11 is 6.03. The number of nitrogens with one attached hydrogen (secondary N) is 1. The molecule has 3 N–H and O–H groups in total. The van der Waals surface area contributed by atoms with Crippen LogP contribution < -0.4 is 11.3 Å². The molecule has 6 heteroatoms. The second-order valence-corrected chi connectivity index (χ2v) is 6.23. The van der Waals surface area contributed by atoms with Crippen molar-refractivity contribution in [2.24, 2.45) is 5.84 Å². The number of hydrogen-bond donors (Lipinski definition) is 2. The third-order valence-electron chi connectivity index (χ3n) is 4.55. The normalized spacial score (nSPS) is 27.6. The van der Waals surface area contributed by atoms with Crippen molar-refractivity contribution in [3.05, 3.63) is 34.6 Å². The second kappa shape index (κ2) is 6.58. The van der Waals surface area contributed by atoms with Crippen LogP contribution in [-0.4, -0.2) is 42.8 Å². The molecule has 1 aromatic carbocycles. The lowest BCUT2D eigenvalue weighted by molar-refractivity contribution is -0.0644. The molecule has 0 saturated carbocycles. The lowest BCUT2D eigenvalue weighted by Gasteiger charge is -2.38. The molecule has 3 unspecified atom stereocenters. The number of nitrogens with two attached hydrogens (primary N) is 1. The zero-order valence-corrected chi connectivity index (χ0v) is 12.7. The fraction of sp³-hybridized carbons (Fsp3) is 0.600. The van der Waals surface area contributed by atoms with E-state index in [9.17, 15) is 4.39 Å². The van der Waals surface area contributed by atoms with E-state index >= 15 is 0 Å². The smallest absolute Gasteiger partial charge is 0.142 e. The molecule has 3 atom stereocenters. The predicted molar refractivity (Wildman–Crippen MR) is 80.6 cm³/mol.